The van der Waals surface area contributed by atoms with E-state index in [9.17, 15) is 8.42 Å². The molecule has 0 amide bonds. The number of nitrogens with zero attached hydrogens (tertiary/aromatic N) is 3. The fourth-order valence-electron chi connectivity index (χ4n) is 1.90. The normalized spacial score (nSPS) is 17.9. The van der Waals surface area contributed by atoms with Gasteiger partial charge in [0, 0.05) is 26.2 Å². The lowest BCUT2D eigenvalue weighted by atomic mass is 10.2. The fourth-order valence-corrected chi connectivity index (χ4v) is 3.55. The fraction of sp³-hybridized carbons (Fsp3) is 0.417. The Labute approximate surface area is 123 Å². The zero-order valence-corrected chi connectivity index (χ0v) is 12.6. The standard InChI is InChI=1S/C12H15ClN4O2S/c1-16-4-6-17(7-5-16)15-20(18,19)12-8-10(9-14)2-3-11(12)13/h2-3,8,15H,4-7H2,1H3. The number of rotatable bonds is 3. The average molecular weight is 315 g/mol. The highest BCUT2D eigenvalue weighted by Crippen LogP contribution is 2.22. The molecule has 0 bridgehead atoms. The number of hydrazine groups is 1. The summed E-state index contributed by atoms with van der Waals surface area (Å²) in [6, 6.07) is 6.08. The minimum Gasteiger partial charge on any atom is -0.304 e. The number of nitriles is 1. The van der Waals surface area contributed by atoms with E-state index in [0.717, 1.165) is 13.1 Å². The van der Waals surface area contributed by atoms with Crippen LogP contribution in [0.25, 0.3) is 0 Å². The smallest absolute Gasteiger partial charge is 0.254 e. The van der Waals surface area contributed by atoms with Gasteiger partial charge in [0.25, 0.3) is 10.0 Å². The van der Waals surface area contributed by atoms with E-state index in [0.29, 0.717) is 13.1 Å². The molecule has 1 aliphatic rings. The van der Waals surface area contributed by atoms with Crippen molar-refractivity contribution >= 4 is 21.6 Å². The first-order valence-electron chi connectivity index (χ1n) is 6.08. The van der Waals surface area contributed by atoms with Gasteiger partial charge in [-0.25, -0.2) is 13.4 Å². The molecule has 108 valence electrons. The van der Waals surface area contributed by atoms with Crippen LogP contribution < -0.4 is 4.83 Å². The van der Waals surface area contributed by atoms with Gasteiger partial charge in [0.2, 0.25) is 0 Å². The Hall–Kier alpha value is -1.17. The Kier molecular flexibility index (Phi) is 4.62. The lowest BCUT2D eigenvalue weighted by Gasteiger charge is -2.32. The molecule has 1 aromatic carbocycles. The minimum atomic E-state index is -3.77. The van der Waals surface area contributed by atoms with Crippen molar-refractivity contribution in [2.24, 2.45) is 0 Å². The Morgan fingerprint density at radius 2 is 1.95 bits per heavy atom. The Morgan fingerprint density at radius 3 is 2.55 bits per heavy atom. The number of halogens is 1. The Morgan fingerprint density at radius 1 is 1.30 bits per heavy atom. The summed E-state index contributed by atoms with van der Waals surface area (Å²) >= 11 is 5.92. The molecule has 2 rings (SSSR count). The SMILES string of the molecule is CN1CCN(NS(=O)(=O)c2cc(C#N)ccc2Cl)CC1. The van der Waals surface area contributed by atoms with Gasteiger partial charge in [0.05, 0.1) is 16.7 Å². The molecule has 6 nitrogen and oxygen atoms in total. The lowest BCUT2D eigenvalue weighted by molar-refractivity contribution is 0.135. The molecule has 1 saturated heterocycles. The molecule has 0 radical (unpaired) electrons. The minimum absolute atomic E-state index is 0.0721. The van der Waals surface area contributed by atoms with E-state index < -0.39 is 10.0 Å². The van der Waals surface area contributed by atoms with Crippen molar-refractivity contribution in [3.63, 3.8) is 0 Å². The number of likely N-dealkylation sites (N-methyl/N-ethyl adjacent to an activating group) is 1. The predicted molar refractivity (Wildman–Crippen MR) is 75.6 cm³/mol. The first-order chi connectivity index (χ1) is 9.42. The summed E-state index contributed by atoms with van der Waals surface area (Å²) in [5, 5.41) is 10.6. The zero-order chi connectivity index (χ0) is 14.8. The van der Waals surface area contributed by atoms with Crippen LogP contribution in [0.4, 0.5) is 0 Å². The van der Waals surface area contributed by atoms with Crippen LogP contribution in [0.15, 0.2) is 23.1 Å². The summed E-state index contributed by atoms with van der Waals surface area (Å²) in [4.78, 5) is 4.56. The van der Waals surface area contributed by atoms with Crippen LogP contribution in [0.2, 0.25) is 5.02 Å². The maximum Gasteiger partial charge on any atom is 0.254 e. The van der Waals surface area contributed by atoms with Crippen LogP contribution in [0.1, 0.15) is 5.56 Å². The van der Waals surface area contributed by atoms with Crippen molar-refractivity contribution in [1.82, 2.24) is 14.7 Å². The van der Waals surface area contributed by atoms with Crippen molar-refractivity contribution < 1.29 is 8.42 Å². The van der Waals surface area contributed by atoms with Gasteiger partial charge in [-0.1, -0.05) is 11.6 Å². The van der Waals surface area contributed by atoms with Crippen molar-refractivity contribution in [2.45, 2.75) is 4.90 Å². The molecule has 20 heavy (non-hydrogen) atoms. The molecule has 0 aliphatic carbocycles. The van der Waals surface area contributed by atoms with Gasteiger partial charge < -0.3 is 4.90 Å². The molecule has 1 aromatic rings. The first-order valence-corrected chi connectivity index (χ1v) is 7.94. The van der Waals surface area contributed by atoms with Crippen LogP contribution in [-0.4, -0.2) is 51.6 Å². The second-order valence-electron chi connectivity index (χ2n) is 4.64. The number of hydrogen-bond donors (Lipinski definition) is 1. The highest BCUT2D eigenvalue weighted by Gasteiger charge is 2.23. The van der Waals surface area contributed by atoms with Crippen molar-refractivity contribution in [3.05, 3.63) is 28.8 Å². The highest BCUT2D eigenvalue weighted by atomic mass is 35.5. The topological polar surface area (TPSA) is 76.4 Å². The van der Waals surface area contributed by atoms with Gasteiger partial charge in [-0.05, 0) is 25.2 Å². The van der Waals surface area contributed by atoms with Crippen molar-refractivity contribution in [1.29, 1.82) is 5.26 Å². The third kappa shape index (κ3) is 3.48. The Bertz CT molecular complexity index is 633. The summed E-state index contributed by atoms with van der Waals surface area (Å²) in [5.41, 5.74) is 0.258. The first kappa shape index (κ1) is 15.2. The molecule has 1 heterocycles. The second-order valence-corrected chi connectivity index (χ2v) is 6.68. The largest absolute Gasteiger partial charge is 0.304 e. The molecular weight excluding hydrogens is 300 g/mol. The third-order valence-electron chi connectivity index (χ3n) is 3.10. The summed E-state index contributed by atoms with van der Waals surface area (Å²) in [7, 11) is -1.78. The van der Waals surface area contributed by atoms with Crippen LogP contribution in [0.5, 0.6) is 0 Å². The number of piperazine rings is 1. The van der Waals surface area contributed by atoms with Crippen LogP contribution in [0.3, 0.4) is 0 Å². The highest BCUT2D eigenvalue weighted by molar-refractivity contribution is 7.89. The predicted octanol–water partition coefficient (Wildman–Crippen LogP) is 0.652. The summed E-state index contributed by atoms with van der Waals surface area (Å²) in [6.07, 6.45) is 0. The molecule has 0 atom stereocenters. The monoisotopic (exact) mass is 314 g/mol. The van der Waals surface area contributed by atoms with Gasteiger partial charge in [0.1, 0.15) is 4.90 Å². The quantitative estimate of drug-likeness (QED) is 0.886. The molecule has 0 saturated carbocycles. The molecule has 0 aromatic heterocycles. The number of benzene rings is 1. The summed E-state index contributed by atoms with van der Waals surface area (Å²) in [5.74, 6) is 0. The molecule has 1 N–H and O–H groups in total. The van der Waals surface area contributed by atoms with Crippen molar-refractivity contribution in [2.75, 3.05) is 33.2 Å². The van der Waals surface area contributed by atoms with Crippen LogP contribution in [-0.2, 0) is 10.0 Å². The molecule has 0 spiro atoms. The molecular formula is C12H15ClN4O2S. The van der Waals surface area contributed by atoms with E-state index in [-0.39, 0.29) is 15.5 Å². The van der Waals surface area contributed by atoms with E-state index in [4.69, 9.17) is 16.9 Å². The molecule has 1 aliphatic heterocycles. The van der Waals surface area contributed by atoms with Crippen LogP contribution in [0, 0.1) is 11.3 Å². The number of nitrogens with one attached hydrogen (secondary N) is 1. The van der Waals surface area contributed by atoms with E-state index in [1.54, 1.807) is 5.01 Å². The Balaban J connectivity index is 2.20. The maximum absolute atomic E-state index is 12.3. The van der Waals surface area contributed by atoms with Crippen molar-refractivity contribution in [3.8, 4) is 6.07 Å². The molecule has 1 fully saturated rings. The lowest BCUT2D eigenvalue weighted by Crippen LogP contribution is -2.52. The van der Waals surface area contributed by atoms with Gasteiger partial charge in [-0.2, -0.15) is 5.26 Å². The number of sulfonamides is 1. The second kappa shape index (κ2) is 6.08. The van der Waals surface area contributed by atoms with E-state index in [2.05, 4.69) is 9.73 Å². The molecule has 8 heteroatoms. The van der Waals surface area contributed by atoms with Gasteiger partial charge in [-0.3, -0.25) is 0 Å². The third-order valence-corrected chi connectivity index (χ3v) is 4.96. The maximum atomic E-state index is 12.3. The molecule has 0 unspecified atom stereocenters. The van der Waals surface area contributed by atoms with Gasteiger partial charge in [0.15, 0.2) is 0 Å². The number of hydrogen-bond acceptors (Lipinski definition) is 5. The zero-order valence-electron chi connectivity index (χ0n) is 11.0. The van der Waals surface area contributed by atoms with E-state index >= 15 is 0 Å². The van der Waals surface area contributed by atoms with Crippen LogP contribution >= 0.6 is 11.6 Å². The summed E-state index contributed by atoms with van der Waals surface area (Å²) in [6.45, 7) is 2.78. The van der Waals surface area contributed by atoms with Gasteiger partial charge in [-0.15, -0.1) is 4.83 Å². The van der Waals surface area contributed by atoms with E-state index in [1.807, 2.05) is 13.1 Å². The van der Waals surface area contributed by atoms with E-state index in [1.165, 1.54) is 18.2 Å². The average Bonchev–Trinajstić information content (AvgIpc) is 2.41. The summed E-state index contributed by atoms with van der Waals surface area (Å²) < 4.78 is 24.6. The van der Waals surface area contributed by atoms with Gasteiger partial charge >= 0.3 is 0 Å².